The summed E-state index contributed by atoms with van der Waals surface area (Å²) in [4.78, 5) is 0. The summed E-state index contributed by atoms with van der Waals surface area (Å²) < 4.78 is 5.99. The van der Waals surface area contributed by atoms with Crippen LogP contribution in [-0.4, -0.2) is 16.3 Å². The van der Waals surface area contributed by atoms with E-state index in [1.807, 2.05) is 37.3 Å². The largest absolute Gasteiger partial charge is 0.477 e. The smallest absolute Gasteiger partial charge is 0.192 e. The number of aryl methyl sites for hydroxylation is 3. The van der Waals surface area contributed by atoms with Gasteiger partial charge in [0.25, 0.3) is 0 Å². The van der Waals surface area contributed by atoms with E-state index in [1.54, 1.807) is 0 Å². The van der Waals surface area contributed by atoms with E-state index in [0.29, 0.717) is 5.05 Å². The van der Waals surface area contributed by atoms with E-state index in [1.165, 1.54) is 16.7 Å². The maximum Gasteiger partial charge on any atom is 0.192 e. The quantitative estimate of drug-likeness (QED) is 0.693. The second-order valence-corrected chi connectivity index (χ2v) is 6.69. The van der Waals surface area contributed by atoms with Gasteiger partial charge in [0, 0.05) is 5.56 Å². The third-order valence-electron chi connectivity index (χ3n) is 4.61. The SMILES string of the molecule is CCc1cc(CC)c(C(=S)OC(C)[C@@H](O)c2ccccc2)c(CC)c1. The highest BCUT2D eigenvalue weighted by Gasteiger charge is 2.22. The first-order valence-corrected chi connectivity index (χ1v) is 9.51. The second-order valence-electron chi connectivity index (χ2n) is 6.32. The van der Waals surface area contributed by atoms with Crippen LogP contribution in [0.25, 0.3) is 0 Å². The van der Waals surface area contributed by atoms with Gasteiger partial charge in [-0.25, -0.2) is 0 Å². The summed E-state index contributed by atoms with van der Waals surface area (Å²) in [6.45, 7) is 8.31. The Balaban J connectivity index is 2.25. The minimum Gasteiger partial charge on any atom is -0.477 e. The minimum absolute atomic E-state index is 0.407. The van der Waals surface area contributed by atoms with Crippen molar-refractivity contribution in [1.82, 2.24) is 0 Å². The van der Waals surface area contributed by atoms with Gasteiger partial charge >= 0.3 is 0 Å². The van der Waals surface area contributed by atoms with E-state index in [0.717, 1.165) is 30.4 Å². The molecular weight excluding hydrogens is 328 g/mol. The van der Waals surface area contributed by atoms with E-state index in [4.69, 9.17) is 17.0 Å². The number of hydrogen-bond acceptors (Lipinski definition) is 3. The van der Waals surface area contributed by atoms with E-state index in [2.05, 4.69) is 32.9 Å². The molecule has 0 aliphatic carbocycles. The van der Waals surface area contributed by atoms with Crippen LogP contribution in [0.4, 0.5) is 0 Å². The van der Waals surface area contributed by atoms with Crippen molar-refractivity contribution in [2.45, 2.75) is 59.2 Å². The summed E-state index contributed by atoms with van der Waals surface area (Å²) in [6.07, 6.45) is 1.72. The van der Waals surface area contributed by atoms with Crippen molar-refractivity contribution in [2.24, 2.45) is 0 Å². The average Bonchev–Trinajstić information content (AvgIpc) is 2.66. The van der Waals surface area contributed by atoms with Crippen LogP contribution in [0.1, 0.15) is 61.6 Å². The molecule has 2 aromatic carbocycles. The Hall–Kier alpha value is -1.71. The molecule has 0 aromatic heterocycles. The molecule has 0 fully saturated rings. The second kappa shape index (κ2) is 9.12. The molecule has 134 valence electrons. The van der Waals surface area contributed by atoms with Crippen LogP contribution >= 0.6 is 12.2 Å². The molecule has 1 N–H and O–H groups in total. The molecule has 0 saturated heterocycles. The molecular formula is C22H28O2S. The molecule has 3 heteroatoms. The lowest BCUT2D eigenvalue weighted by molar-refractivity contribution is 0.0419. The maximum absolute atomic E-state index is 10.5. The molecule has 0 bridgehead atoms. The monoisotopic (exact) mass is 356 g/mol. The van der Waals surface area contributed by atoms with Crippen LogP contribution in [-0.2, 0) is 24.0 Å². The predicted molar refractivity (Wildman–Crippen MR) is 108 cm³/mol. The Morgan fingerprint density at radius 2 is 1.56 bits per heavy atom. The van der Waals surface area contributed by atoms with Crippen molar-refractivity contribution in [1.29, 1.82) is 0 Å². The molecule has 0 aliphatic rings. The van der Waals surface area contributed by atoms with Gasteiger partial charge in [-0.05, 0) is 60.7 Å². The Labute approximate surface area is 156 Å². The number of hydrogen-bond donors (Lipinski definition) is 1. The molecule has 0 amide bonds. The first kappa shape index (κ1) is 19.6. The van der Waals surface area contributed by atoms with Gasteiger partial charge < -0.3 is 9.84 Å². The van der Waals surface area contributed by atoms with Crippen LogP contribution in [0.5, 0.6) is 0 Å². The molecule has 2 aromatic rings. The van der Waals surface area contributed by atoms with Gasteiger partial charge in [0.15, 0.2) is 5.05 Å². The first-order chi connectivity index (χ1) is 12.0. The number of aliphatic hydroxyl groups excluding tert-OH is 1. The number of rotatable bonds is 7. The molecule has 0 aliphatic heterocycles. The zero-order valence-electron chi connectivity index (χ0n) is 15.6. The highest BCUT2D eigenvalue weighted by Crippen LogP contribution is 2.25. The van der Waals surface area contributed by atoms with Crippen molar-refractivity contribution in [2.75, 3.05) is 0 Å². The molecule has 0 heterocycles. The highest BCUT2D eigenvalue weighted by atomic mass is 32.1. The summed E-state index contributed by atoms with van der Waals surface area (Å²) in [5.41, 5.74) is 5.65. The lowest BCUT2D eigenvalue weighted by Gasteiger charge is -2.23. The van der Waals surface area contributed by atoms with Crippen LogP contribution in [0.15, 0.2) is 42.5 Å². The van der Waals surface area contributed by atoms with Gasteiger partial charge in [0.05, 0.1) is 0 Å². The third-order valence-corrected chi connectivity index (χ3v) is 4.91. The number of aliphatic hydroxyl groups is 1. The van der Waals surface area contributed by atoms with E-state index in [9.17, 15) is 5.11 Å². The summed E-state index contributed by atoms with van der Waals surface area (Å²) in [7, 11) is 0. The maximum atomic E-state index is 10.5. The van der Waals surface area contributed by atoms with Gasteiger partial charge in [-0.1, -0.05) is 63.2 Å². The normalized spacial score (nSPS) is 13.3. The Kier molecular flexibility index (Phi) is 7.15. The number of benzene rings is 2. The standard InChI is InChI=1S/C22H28O2S/c1-5-16-13-17(6-2)20(18(7-3)14-16)22(25)24-15(4)21(23)19-11-9-8-10-12-19/h8-15,21,23H,5-7H2,1-4H3/t15?,21-/m1/s1. The van der Waals surface area contributed by atoms with Crippen molar-refractivity contribution in [3.05, 3.63) is 70.3 Å². The molecule has 2 rings (SSSR count). The Morgan fingerprint density at radius 1 is 1.00 bits per heavy atom. The van der Waals surface area contributed by atoms with Crippen molar-refractivity contribution in [3.63, 3.8) is 0 Å². The van der Waals surface area contributed by atoms with E-state index < -0.39 is 12.2 Å². The van der Waals surface area contributed by atoms with Gasteiger partial charge in [-0.3, -0.25) is 0 Å². The average molecular weight is 357 g/mol. The van der Waals surface area contributed by atoms with Crippen LogP contribution in [0.2, 0.25) is 0 Å². The molecule has 1 unspecified atom stereocenters. The molecule has 25 heavy (non-hydrogen) atoms. The fourth-order valence-corrected chi connectivity index (χ4v) is 3.49. The molecule has 2 nitrogen and oxygen atoms in total. The Bertz CT molecular complexity index is 684. The number of thiocarbonyl (C=S) groups is 1. The summed E-state index contributed by atoms with van der Waals surface area (Å²) in [5.74, 6) is 0. The predicted octanol–water partition coefficient (Wildman–Crippen LogP) is 5.19. The van der Waals surface area contributed by atoms with Gasteiger partial charge in [0.2, 0.25) is 0 Å². The fourth-order valence-electron chi connectivity index (χ4n) is 3.08. The van der Waals surface area contributed by atoms with Crippen molar-refractivity contribution < 1.29 is 9.84 Å². The number of ether oxygens (including phenoxy) is 1. The van der Waals surface area contributed by atoms with E-state index >= 15 is 0 Å². The van der Waals surface area contributed by atoms with Gasteiger partial charge in [-0.2, -0.15) is 0 Å². The lowest BCUT2D eigenvalue weighted by atomic mass is 9.94. The van der Waals surface area contributed by atoms with Crippen LogP contribution in [0, 0.1) is 0 Å². The zero-order chi connectivity index (χ0) is 18.4. The molecule has 2 atom stereocenters. The minimum atomic E-state index is -0.704. The Morgan fingerprint density at radius 3 is 2.04 bits per heavy atom. The lowest BCUT2D eigenvalue weighted by Crippen LogP contribution is -2.23. The van der Waals surface area contributed by atoms with Crippen molar-refractivity contribution in [3.8, 4) is 0 Å². The van der Waals surface area contributed by atoms with Crippen molar-refractivity contribution >= 4 is 17.3 Å². The van der Waals surface area contributed by atoms with Crippen LogP contribution < -0.4 is 0 Å². The molecule has 0 spiro atoms. The van der Waals surface area contributed by atoms with Gasteiger partial charge in [-0.15, -0.1) is 0 Å². The van der Waals surface area contributed by atoms with Crippen LogP contribution in [0.3, 0.4) is 0 Å². The zero-order valence-corrected chi connectivity index (χ0v) is 16.4. The molecule has 0 saturated carbocycles. The van der Waals surface area contributed by atoms with E-state index in [-0.39, 0.29) is 0 Å². The highest BCUT2D eigenvalue weighted by molar-refractivity contribution is 7.80. The first-order valence-electron chi connectivity index (χ1n) is 9.10. The topological polar surface area (TPSA) is 29.5 Å². The molecule has 0 radical (unpaired) electrons. The summed E-state index contributed by atoms with van der Waals surface area (Å²) >= 11 is 5.62. The third kappa shape index (κ3) is 4.68. The van der Waals surface area contributed by atoms with Gasteiger partial charge in [0.1, 0.15) is 12.2 Å². The summed E-state index contributed by atoms with van der Waals surface area (Å²) in [5, 5.41) is 11.0. The summed E-state index contributed by atoms with van der Waals surface area (Å²) in [6, 6.07) is 14.0. The fraction of sp³-hybridized carbons (Fsp3) is 0.409.